The molecule has 0 atom stereocenters. The summed E-state index contributed by atoms with van der Waals surface area (Å²) in [5.41, 5.74) is -0.243. The number of nitrogens with one attached hydrogen (secondary N) is 2. The summed E-state index contributed by atoms with van der Waals surface area (Å²) in [5, 5.41) is 3.31. The van der Waals surface area contributed by atoms with Crippen molar-refractivity contribution in [3.63, 3.8) is 0 Å². The summed E-state index contributed by atoms with van der Waals surface area (Å²) in [5.74, 6) is 0.844. The van der Waals surface area contributed by atoms with Crippen LogP contribution in [0.1, 0.15) is 59.3 Å². The van der Waals surface area contributed by atoms with E-state index in [0.29, 0.717) is 5.92 Å². The molecule has 0 saturated carbocycles. The predicted octanol–water partition coefficient (Wildman–Crippen LogP) is 2.26. The zero-order chi connectivity index (χ0) is 14.4. The van der Waals surface area contributed by atoms with E-state index >= 15 is 0 Å². The van der Waals surface area contributed by atoms with Crippen LogP contribution in [0.25, 0.3) is 0 Å². The molecule has 0 aromatic carbocycles. The molecule has 4 nitrogen and oxygen atoms in total. The lowest BCUT2D eigenvalue weighted by molar-refractivity contribution is 0.337. The highest BCUT2D eigenvalue weighted by molar-refractivity contribution is 7.89. The Balaban J connectivity index is 2.50. The van der Waals surface area contributed by atoms with E-state index in [2.05, 4.69) is 30.8 Å². The van der Waals surface area contributed by atoms with Gasteiger partial charge in [-0.1, -0.05) is 20.8 Å². The minimum absolute atomic E-state index is 0.243. The molecule has 0 aromatic rings. The van der Waals surface area contributed by atoms with E-state index in [-0.39, 0.29) is 11.3 Å². The molecule has 1 rings (SSSR count). The third-order valence-electron chi connectivity index (χ3n) is 4.66. The monoisotopic (exact) mass is 290 g/mol. The third-order valence-corrected chi connectivity index (χ3v) is 6.17. The normalized spacial score (nSPS) is 18.7. The summed E-state index contributed by atoms with van der Waals surface area (Å²) >= 11 is 0. The van der Waals surface area contributed by atoms with Gasteiger partial charge in [-0.25, -0.2) is 13.1 Å². The smallest absolute Gasteiger partial charge is 0.212 e. The minimum Gasteiger partial charge on any atom is -0.317 e. The largest absolute Gasteiger partial charge is 0.317 e. The van der Waals surface area contributed by atoms with E-state index in [1.807, 2.05) is 0 Å². The van der Waals surface area contributed by atoms with Crippen LogP contribution in [-0.2, 0) is 10.0 Å². The van der Waals surface area contributed by atoms with Gasteiger partial charge in [-0.15, -0.1) is 0 Å². The molecule has 1 heterocycles. The quantitative estimate of drug-likeness (QED) is 0.721. The average molecular weight is 290 g/mol. The number of sulfonamides is 1. The van der Waals surface area contributed by atoms with Crippen LogP contribution >= 0.6 is 0 Å². The highest BCUT2D eigenvalue weighted by Crippen LogP contribution is 2.22. The fraction of sp³-hybridized carbons (Fsp3) is 1.00. The Hall–Kier alpha value is -0.130. The Labute approximate surface area is 118 Å². The van der Waals surface area contributed by atoms with Crippen molar-refractivity contribution in [1.29, 1.82) is 0 Å². The first-order chi connectivity index (χ1) is 8.97. The van der Waals surface area contributed by atoms with Gasteiger partial charge in [0, 0.05) is 5.54 Å². The first-order valence-corrected chi connectivity index (χ1v) is 9.34. The Bertz CT molecular complexity index is 336. The number of hydrogen-bond acceptors (Lipinski definition) is 3. The maximum atomic E-state index is 12.2. The molecule has 1 saturated heterocycles. The lowest BCUT2D eigenvalue weighted by atomic mass is 9.91. The third kappa shape index (κ3) is 5.40. The highest BCUT2D eigenvalue weighted by Gasteiger charge is 2.29. The first kappa shape index (κ1) is 16.9. The van der Waals surface area contributed by atoms with Crippen molar-refractivity contribution >= 4 is 10.0 Å². The van der Waals surface area contributed by atoms with Crippen molar-refractivity contribution in [2.24, 2.45) is 5.92 Å². The lowest BCUT2D eigenvalue weighted by Gasteiger charge is -2.31. The molecule has 0 spiro atoms. The fourth-order valence-corrected chi connectivity index (χ4v) is 4.68. The summed E-state index contributed by atoms with van der Waals surface area (Å²) in [6.45, 7) is 8.23. The molecule has 1 aliphatic rings. The van der Waals surface area contributed by atoms with Crippen molar-refractivity contribution in [2.75, 3.05) is 18.8 Å². The van der Waals surface area contributed by atoms with Gasteiger partial charge in [0.05, 0.1) is 5.75 Å². The maximum absolute atomic E-state index is 12.2. The van der Waals surface area contributed by atoms with Crippen molar-refractivity contribution < 1.29 is 8.42 Å². The van der Waals surface area contributed by atoms with Gasteiger partial charge in [-0.2, -0.15) is 0 Å². The van der Waals surface area contributed by atoms with Gasteiger partial charge in [0.2, 0.25) is 10.0 Å². The van der Waals surface area contributed by atoms with Gasteiger partial charge in [0.1, 0.15) is 0 Å². The highest BCUT2D eigenvalue weighted by atomic mass is 32.2. The van der Waals surface area contributed by atoms with E-state index in [4.69, 9.17) is 0 Å². The summed E-state index contributed by atoms with van der Waals surface area (Å²) in [6, 6.07) is 0. The maximum Gasteiger partial charge on any atom is 0.212 e. The molecular weight excluding hydrogens is 260 g/mol. The standard InChI is InChI=1S/C14H30N2O2S/c1-4-14(5-2,6-3)16-19(17,18)12-9-13-7-10-15-11-8-13/h13,15-16H,4-12H2,1-3H3. The van der Waals surface area contributed by atoms with Crippen molar-refractivity contribution in [2.45, 2.75) is 64.8 Å². The molecular formula is C14H30N2O2S. The van der Waals surface area contributed by atoms with E-state index in [1.165, 1.54) is 0 Å². The lowest BCUT2D eigenvalue weighted by Crippen LogP contribution is -2.48. The Morgan fingerprint density at radius 2 is 1.63 bits per heavy atom. The van der Waals surface area contributed by atoms with E-state index in [1.54, 1.807) is 0 Å². The van der Waals surface area contributed by atoms with Crippen LogP contribution in [0.5, 0.6) is 0 Å². The van der Waals surface area contributed by atoms with E-state index in [0.717, 1.165) is 51.6 Å². The molecule has 114 valence electrons. The molecule has 1 fully saturated rings. The molecule has 0 aromatic heterocycles. The number of piperidine rings is 1. The number of rotatable bonds is 8. The first-order valence-electron chi connectivity index (χ1n) is 7.69. The van der Waals surface area contributed by atoms with Gasteiger partial charge in [-0.3, -0.25) is 0 Å². The van der Waals surface area contributed by atoms with Crippen LogP contribution in [0, 0.1) is 5.92 Å². The molecule has 0 radical (unpaired) electrons. The molecule has 5 heteroatoms. The summed E-state index contributed by atoms with van der Waals surface area (Å²) in [7, 11) is -3.15. The van der Waals surface area contributed by atoms with Crippen molar-refractivity contribution in [1.82, 2.24) is 10.0 Å². The fourth-order valence-electron chi connectivity index (χ4n) is 2.84. The molecule has 2 N–H and O–H groups in total. The zero-order valence-corrected chi connectivity index (χ0v) is 13.5. The SMILES string of the molecule is CCC(CC)(CC)NS(=O)(=O)CCC1CCNCC1. The molecule has 0 aliphatic carbocycles. The predicted molar refractivity (Wildman–Crippen MR) is 80.7 cm³/mol. The molecule has 19 heavy (non-hydrogen) atoms. The second-order valence-corrected chi connectivity index (χ2v) is 7.59. The Morgan fingerprint density at radius 3 is 2.11 bits per heavy atom. The van der Waals surface area contributed by atoms with Crippen LogP contribution in [0.3, 0.4) is 0 Å². The average Bonchev–Trinajstić information content (AvgIpc) is 2.44. The Kier molecular flexibility index (Phi) is 6.77. The van der Waals surface area contributed by atoms with Crippen molar-refractivity contribution in [3.8, 4) is 0 Å². The van der Waals surface area contributed by atoms with Crippen LogP contribution in [0.4, 0.5) is 0 Å². The van der Waals surface area contributed by atoms with Gasteiger partial charge in [0.15, 0.2) is 0 Å². The van der Waals surface area contributed by atoms with Crippen LogP contribution in [0.2, 0.25) is 0 Å². The molecule has 0 bridgehead atoms. The van der Waals surface area contributed by atoms with E-state index in [9.17, 15) is 8.42 Å². The molecule has 0 amide bonds. The minimum atomic E-state index is -3.15. The molecule has 1 aliphatic heterocycles. The second-order valence-electron chi connectivity index (χ2n) is 5.74. The number of hydrogen-bond donors (Lipinski definition) is 2. The van der Waals surface area contributed by atoms with Gasteiger partial charge in [0.25, 0.3) is 0 Å². The van der Waals surface area contributed by atoms with Crippen LogP contribution in [0.15, 0.2) is 0 Å². The Morgan fingerprint density at radius 1 is 1.11 bits per heavy atom. The zero-order valence-electron chi connectivity index (χ0n) is 12.7. The second kappa shape index (κ2) is 7.60. The van der Waals surface area contributed by atoms with Crippen LogP contribution in [-0.4, -0.2) is 32.8 Å². The topological polar surface area (TPSA) is 58.2 Å². The van der Waals surface area contributed by atoms with Gasteiger partial charge < -0.3 is 5.32 Å². The van der Waals surface area contributed by atoms with Gasteiger partial charge in [-0.05, 0) is 57.5 Å². The molecule has 0 unspecified atom stereocenters. The van der Waals surface area contributed by atoms with Gasteiger partial charge >= 0.3 is 0 Å². The van der Waals surface area contributed by atoms with Crippen molar-refractivity contribution in [3.05, 3.63) is 0 Å². The summed E-state index contributed by atoms with van der Waals surface area (Å²) < 4.78 is 27.4. The van der Waals surface area contributed by atoms with Crippen LogP contribution < -0.4 is 10.0 Å². The summed E-state index contributed by atoms with van der Waals surface area (Å²) in [4.78, 5) is 0. The summed E-state index contributed by atoms with van der Waals surface area (Å²) in [6.07, 6.45) is 5.57. The van der Waals surface area contributed by atoms with E-state index < -0.39 is 10.0 Å².